The first-order chi connectivity index (χ1) is 14.1. The van der Waals surface area contributed by atoms with E-state index in [2.05, 4.69) is 11.1 Å². The number of fused-ring (bicyclic) bond motifs is 1. The van der Waals surface area contributed by atoms with Crippen molar-refractivity contribution in [2.45, 2.75) is 19.3 Å². The molecule has 2 fully saturated rings. The topological polar surface area (TPSA) is 62.7 Å². The predicted molar refractivity (Wildman–Crippen MR) is 108 cm³/mol. The number of pyridine rings is 1. The second-order valence-corrected chi connectivity index (χ2v) is 8.57. The van der Waals surface area contributed by atoms with Gasteiger partial charge in [-0.1, -0.05) is 18.2 Å². The normalized spacial score (nSPS) is 20.6. The number of rotatable bonds is 2. The molecule has 1 aromatic heterocycles. The molecule has 3 aliphatic rings. The minimum atomic E-state index is 0.0191. The Kier molecular flexibility index (Phi) is 4.49. The first-order valence-electron chi connectivity index (χ1n) is 10.3. The summed E-state index contributed by atoms with van der Waals surface area (Å²) in [5, 5.41) is 0. The van der Waals surface area contributed by atoms with Crippen molar-refractivity contribution in [3.8, 4) is 5.75 Å². The zero-order valence-corrected chi connectivity index (χ0v) is 16.4. The van der Waals surface area contributed by atoms with Crippen LogP contribution in [0.3, 0.4) is 0 Å². The van der Waals surface area contributed by atoms with Gasteiger partial charge >= 0.3 is 0 Å². The molecule has 0 saturated carbocycles. The highest BCUT2D eigenvalue weighted by atomic mass is 16.5. The Morgan fingerprint density at radius 3 is 2.48 bits per heavy atom. The average Bonchev–Trinajstić information content (AvgIpc) is 2.77. The van der Waals surface area contributed by atoms with Crippen LogP contribution in [0.25, 0.3) is 0 Å². The third-order valence-electron chi connectivity index (χ3n) is 6.49. The number of hydrogen-bond acceptors (Lipinski definition) is 4. The van der Waals surface area contributed by atoms with E-state index in [4.69, 9.17) is 4.74 Å². The quantitative estimate of drug-likeness (QED) is 0.789. The van der Waals surface area contributed by atoms with Crippen LogP contribution in [-0.4, -0.2) is 59.4 Å². The molecular formula is C23H25N3O3. The lowest BCUT2D eigenvalue weighted by molar-refractivity contribution is -0.152. The van der Waals surface area contributed by atoms with Crippen molar-refractivity contribution in [2.24, 2.45) is 11.3 Å². The third kappa shape index (κ3) is 3.37. The molecule has 1 aromatic carbocycles. The Hall–Kier alpha value is -2.89. The highest BCUT2D eigenvalue weighted by molar-refractivity contribution is 5.94. The number of likely N-dealkylation sites (tertiary alicyclic amines) is 2. The van der Waals surface area contributed by atoms with Gasteiger partial charge in [-0.25, -0.2) is 0 Å². The summed E-state index contributed by atoms with van der Waals surface area (Å²) in [4.78, 5) is 33.3. The number of nitrogens with zero attached hydrogens (tertiary/aromatic N) is 3. The lowest BCUT2D eigenvalue weighted by Gasteiger charge is -2.53. The number of benzene rings is 1. The fourth-order valence-corrected chi connectivity index (χ4v) is 4.86. The fourth-order valence-electron chi connectivity index (χ4n) is 4.86. The molecule has 6 nitrogen and oxygen atoms in total. The second-order valence-electron chi connectivity index (χ2n) is 8.57. The lowest BCUT2D eigenvalue weighted by atomic mass is 9.73. The summed E-state index contributed by atoms with van der Waals surface area (Å²) in [6, 6.07) is 11.7. The predicted octanol–water partition coefficient (Wildman–Crippen LogP) is 2.40. The minimum Gasteiger partial charge on any atom is -0.493 e. The molecule has 0 bridgehead atoms. The number of amides is 2. The Labute approximate surface area is 170 Å². The SMILES string of the molecule is O=C(c1ccncc1)N1CCC(C(=O)N2CC3(COc4ccccc4C3)C2)CC1. The summed E-state index contributed by atoms with van der Waals surface area (Å²) in [5.74, 6) is 1.27. The van der Waals surface area contributed by atoms with Gasteiger partial charge in [0, 0.05) is 55.5 Å². The summed E-state index contributed by atoms with van der Waals surface area (Å²) in [6.07, 6.45) is 5.72. The van der Waals surface area contributed by atoms with Crippen LogP contribution in [-0.2, 0) is 11.2 Å². The molecule has 150 valence electrons. The van der Waals surface area contributed by atoms with Gasteiger partial charge in [0.2, 0.25) is 5.91 Å². The Balaban J connectivity index is 1.14. The minimum absolute atomic E-state index is 0.0191. The highest BCUT2D eigenvalue weighted by Gasteiger charge is 2.49. The van der Waals surface area contributed by atoms with Crippen molar-refractivity contribution in [1.82, 2.24) is 14.8 Å². The van der Waals surface area contributed by atoms with E-state index in [0.717, 1.165) is 38.1 Å². The standard InChI is InChI=1S/C23H25N3O3/c27-21(17-5-9-24-10-6-17)25-11-7-18(8-12-25)22(28)26-14-23(15-26)13-19-3-1-2-4-20(19)29-16-23/h1-6,9-10,18H,7-8,11-16H2. The summed E-state index contributed by atoms with van der Waals surface area (Å²) in [7, 11) is 0. The molecule has 1 spiro atoms. The molecule has 6 heteroatoms. The van der Waals surface area contributed by atoms with Crippen LogP contribution in [0, 0.1) is 11.3 Å². The van der Waals surface area contributed by atoms with E-state index in [1.54, 1.807) is 24.5 Å². The van der Waals surface area contributed by atoms with E-state index >= 15 is 0 Å². The number of ether oxygens (including phenoxy) is 1. The molecule has 4 heterocycles. The van der Waals surface area contributed by atoms with Gasteiger partial charge in [-0.05, 0) is 43.0 Å². The molecule has 0 atom stereocenters. The lowest BCUT2D eigenvalue weighted by Crippen LogP contribution is -2.64. The van der Waals surface area contributed by atoms with Gasteiger partial charge in [0.1, 0.15) is 5.75 Å². The average molecular weight is 391 g/mol. The Bertz CT molecular complexity index is 916. The van der Waals surface area contributed by atoms with E-state index in [-0.39, 0.29) is 23.1 Å². The summed E-state index contributed by atoms with van der Waals surface area (Å²) < 4.78 is 5.95. The van der Waals surface area contributed by atoms with Gasteiger partial charge in [-0.15, -0.1) is 0 Å². The number of carbonyl (C=O) groups excluding carboxylic acids is 2. The van der Waals surface area contributed by atoms with Crippen molar-refractivity contribution in [1.29, 1.82) is 0 Å². The van der Waals surface area contributed by atoms with Gasteiger partial charge < -0.3 is 14.5 Å². The zero-order chi connectivity index (χ0) is 19.8. The first-order valence-corrected chi connectivity index (χ1v) is 10.3. The van der Waals surface area contributed by atoms with Crippen LogP contribution >= 0.6 is 0 Å². The van der Waals surface area contributed by atoms with Gasteiger partial charge in [0.05, 0.1) is 6.61 Å². The molecule has 2 amide bonds. The van der Waals surface area contributed by atoms with Crippen LogP contribution in [0.15, 0.2) is 48.8 Å². The summed E-state index contributed by atoms with van der Waals surface area (Å²) in [5.41, 5.74) is 1.97. The number of aromatic nitrogens is 1. The highest BCUT2D eigenvalue weighted by Crippen LogP contribution is 2.41. The maximum Gasteiger partial charge on any atom is 0.253 e. The molecular weight excluding hydrogens is 366 g/mol. The van der Waals surface area contributed by atoms with Crippen LogP contribution in [0.5, 0.6) is 5.75 Å². The third-order valence-corrected chi connectivity index (χ3v) is 6.49. The van der Waals surface area contributed by atoms with Crippen molar-refractivity contribution in [3.05, 3.63) is 59.9 Å². The van der Waals surface area contributed by atoms with Crippen LogP contribution in [0.1, 0.15) is 28.8 Å². The Morgan fingerprint density at radius 1 is 1.00 bits per heavy atom. The van der Waals surface area contributed by atoms with Gasteiger partial charge in [-0.3, -0.25) is 14.6 Å². The number of piperidine rings is 1. The number of para-hydroxylation sites is 1. The van der Waals surface area contributed by atoms with Gasteiger partial charge in [0.25, 0.3) is 5.91 Å². The van der Waals surface area contributed by atoms with E-state index in [1.165, 1.54) is 5.56 Å². The molecule has 0 aliphatic carbocycles. The van der Waals surface area contributed by atoms with Crippen LogP contribution in [0.2, 0.25) is 0 Å². The van der Waals surface area contributed by atoms with Crippen molar-refractivity contribution >= 4 is 11.8 Å². The van der Waals surface area contributed by atoms with E-state index < -0.39 is 0 Å². The molecule has 0 N–H and O–H groups in total. The Morgan fingerprint density at radius 2 is 1.72 bits per heavy atom. The second kappa shape index (κ2) is 7.17. The zero-order valence-electron chi connectivity index (χ0n) is 16.4. The van der Waals surface area contributed by atoms with Gasteiger partial charge in [-0.2, -0.15) is 0 Å². The summed E-state index contributed by atoms with van der Waals surface area (Å²) >= 11 is 0. The van der Waals surface area contributed by atoms with E-state index in [9.17, 15) is 9.59 Å². The molecule has 0 unspecified atom stereocenters. The molecule has 2 aromatic rings. The van der Waals surface area contributed by atoms with Crippen molar-refractivity contribution in [3.63, 3.8) is 0 Å². The molecule has 2 saturated heterocycles. The summed E-state index contributed by atoms with van der Waals surface area (Å²) in [6.45, 7) is 3.50. The van der Waals surface area contributed by atoms with Crippen LogP contribution < -0.4 is 4.74 Å². The van der Waals surface area contributed by atoms with Gasteiger partial charge in [0.15, 0.2) is 0 Å². The first kappa shape index (κ1) is 18.2. The number of hydrogen-bond donors (Lipinski definition) is 0. The number of carbonyl (C=O) groups is 2. The fraction of sp³-hybridized carbons (Fsp3) is 0.435. The van der Waals surface area contributed by atoms with E-state index in [1.807, 2.05) is 28.0 Å². The van der Waals surface area contributed by atoms with E-state index in [0.29, 0.717) is 25.3 Å². The molecule has 0 radical (unpaired) electrons. The molecule has 5 rings (SSSR count). The molecule has 29 heavy (non-hydrogen) atoms. The largest absolute Gasteiger partial charge is 0.493 e. The van der Waals surface area contributed by atoms with Crippen molar-refractivity contribution in [2.75, 3.05) is 32.8 Å². The van der Waals surface area contributed by atoms with Crippen LogP contribution in [0.4, 0.5) is 0 Å². The smallest absolute Gasteiger partial charge is 0.253 e. The molecule has 3 aliphatic heterocycles. The maximum absolute atomic E-state index is 13.0. The maximum atomic E-state index is 13.0. The monoisotopic (exact) mass is 391 g/mol. The van der Waals surface area contributed by atoms with Crippen molar-refractivity contribution < 1.29 is 14.3 Å².